The number of hydrogen-bond acceptors (Lipinski definition) is 6. The number of aromatic amines is 1. The lowest BCUT2D eigenvalue weighted by Crippen LogP contribution is -2.42. The van der Waals surface area contributed by atoms with Gasteiger partial charge in [0.25, 0.3) is 5.91 Å². The van der Waals surface area contributed by atoms with E-state index in [9.17, 15) is 9.18 Å². The number of aromatic nitrogens is 6. The number of H-pyrrole nitrogens is 1. The molecule has 1 aromatic carbocycles. The maximum atomic E-state index is 14.1. The van der Waals surface area contributed by atoms with Gasteiger partial charge in [-0.05, 0) is 28.1 Å². The molecular formula is C17H13BrFN7O2. The van der Waals surface area contributed by atoms with Crippen LogP contribution in [-0.2, 0) is 13.5 Å². The van der Waals surface area contributed by atoms with Gasteiger partial charge in [-0.15, -0.1) is 5.10 Å². The fourth-order valence-corrected chi connectivity index (χ4v) is 3.87. The van der Waals surface area contributed by atoms with Crippen LogP contribution in [0.3, 0.4) is 0 Å². The summed E-state index contributed by atoms with van der Waals surface area (Å²) in [5, 5.41) is 4.07. The number of nitrogens with one attached hydrogen (secondary N) is 1. The van der Waals surface area contributed by atoms with Crippen LogP contribution in [0, 0.1) is 5.82 Å². The van der Waals surface area contributed by atoms with Gasteiger partial charge in [0, 0.05) is 25.7 Å². The molecule has 0 spiro atoms. The third-order valence-electron chi connectivity index (χ3n) is 4.73. The Hall–Kier alpha value is -3.08. The molecule has 1 amide bonds. The van der Waals surface area contributed by atoms with E-state index in [1.54, 1.807) is 30.4 Å². The monoisotopic (exact) mass is 445 g/mol. The van der Waals surface area contributed by atoms with Crippen molar-refractivity contribution in [3.63, 3.8) is 0 Å². The van der Waals surface area contributed by atoms with E-state index in [0.717, 1.165) is 5.69 Å². The average molecular weight is 446 g/mol. The standard InChI is InChI=1S/C17H13BrFN7O2/c1-25-14(23-17(18)24-25)16(27)26-6-5-9-12(21-7-20-9)13(26)15-22-11-8(19)3-2-4-10(11)28-15/h2-4,7,13H,5-6H2,1H3,(H,20,21)/t13-/m0/s1. The van der Waals surface area contributed by atoms with Crippen molar-refractivity contribution in [3.05, 3.63) is 58.2 Å². The Morgan fingerprint density at radius 2 is 2.25 bits per heavy atom. The van der Waals surface area contributed by atoms with E-state index in [0.29, 0.717) is 29.0 Å². The molecule has 0 saturated carbocycles. The molecule has 11 heteroatoms. The summed E-state index contributed by atoms with van der Waals surface area (Å²) in [5.74, 6) is -0.469. The first-order valence-electron chi connectivity index (χ1n) is 8.47. The number of hydrogen-bond donors (Lipinski definition) is 1. The first-order chi connectivity index (χ1) is 13.5. The number of para-hydroxylation sites is 1. The molecule has 142 valence electrons. The maximum Gasteiger partial charge on any atom is 0.292 e. The van der Waals surface area contributed by atoms with Gasteiger partial charge < -0.3 is 14.3 Å². The molecule has 9 nitrogen and oxygen atoms in total. The number of nitrogens with zero attached hydrogens (tertiary/aromatic N) is 6. The van der Waals surface area contributed by atoms with E-state index in [1.807, 2.05) is 0 Å². The number of carbonyl (C=O) groups is 1. The van der Waals surface area contributed by atoms with Gasteiger partial charge in [-0.1, -0.05) is 6.07 Å². The number of aryl methyl sites for hydroxylation is 1. The molecule has 1 aliphatic heterocycles. The molecule has 4 aromatic rings. The number of oxazole rings is 1. The number of amides is 1. The highest BCUT2D eigenvalue weighted by Crippen LogP contribution is 2.35. The number of imidazole rings is 1. The van der Waals surface area contributed by atoms with Crippen LogP contribution in [0.15, 0.2) is 33.7 Å². The van der Waals surface area contributed by atoms with Crippen LogP contribution in [0.25, 0.3) is 11.1 Å². The van der Waals surface area contributed by atoms with Crippen molar-refractivity contribution < 1.29 is 13.6 Å². The molecule has 0 radical (unpaired) electrons. The topological polar surface area (TPSA) is 106 Å². The molecule has 0 saturated heterocycles. The second-order valence-electron chi connectivity index (χ2n) is 6.38. The first-order valence-corrected chi connectivity index (χ1v) is 9.27. The summed E-state index contributed by atoms with van der Waals surface area (Å²) in [7, 11) is 1.64. The van der Waals surface area contributed by atoms with Crippen molar-refractivity contribution in [3.8, 4) is 0 Å². The van der Waals surface area contributed by atoms with Crippen LogP contribution >= 0.6 is 15.9 Å². The molecule has 0 fully saturated rings. The Morgan fingerprint density at radius 3 is 3.00 bits per heavy atom. The Kier molecular flexibility index (Phi) is 3.79. The van der Waals surface area contributed by atoms with Crippen molar-refractivity contribution >= 4 is 32.9 Å². The Bertz CT molecular complexity index is 1210. The molecule has 1 atom stereocenters. The zero-order valence-corrected chi connectivity index (χ0v) is 16.1. The molecule has 28 heavy (non-hydrogen) atoms. The van der Waals surface area contributed by atoms with Crippen molar-refractivity contribution in [2.45, 2.75) is 12.5 Å². The van der Waals surface area contributed by atoms with Crippen molar-refractivity contribution in [1.29, 1.82) is 0 Å². The smallest absolute Gasteiger partial charge is 0.292 e. The predicted molar refractivity (Wildman–Crippen MR) is 97.8 cm³/mol. The molecule has 0 bridgehead atoms. The highest BCUT2D eigenvalue weighted by Gasteiger charge is 2.39. The zero-order valence-electron chi connectivity index (χ0n) is 14.6. The van der Waals surface area contributed by atoms with Crippen LogP contribution in [0.2, 0.25) is 0 Å². The van der Waals surface area contributed by atoms with E-state index in [4.69, 9.17) is 4.42 Å². The third kappa shape index (κ3) is 2.53. The third-order valence-corrected chi connectivity index (χ3v) is 5.07. The van der Waals surface area contributed by atoms with Gasteiger partial charge in [-0.25, -0.2) is 19.0 Å². The first kappa shape index (κ1) is 17.0. The van der Waals surface area contributed by atoms with E-state index in [-0.39, 0.29) is 23.1 Å². The van der Waals surface area contributed by atoms with Gasteiger partial charge in [-0.3, -0.25) is 4.79 Å². The van der Waals surface area contributed by atoms with E-state index < -0.39 is 11.9 Å². The molecule has 0 unspecified atom stereocenters. The van der Waals surface area contributed by atoms with Gasteiger partial charge >= 0.3 is 0 Å². The van der Waals surface area contributed by atoms with Gasteiger partial charge in [0.05, 0.1) is 12.0 Å². The van der Waals surface area contributed by atoms with E-state index in [2.05, 4.69) is 41.0 Å². The molecular weight excluding hydrogens is 433 g/mol. The van der Waals surface area contributed by atoms with Gasteiger partial charge in [-0.2, -0.15) is 4.98 Å². The number of benzene rings is 1. The second kappa shape index (κ2) is 6.23. The van der Waals surface area contributed by atoms with Crippen molar-refractivity contribution in [2.24, 2.45) is 7.05 Å². The summed E-state index contributed by atoms with van der Waals surface area (Å²) >= 11 is 3.18. The summed E-state index contributed by atoms with van der Waals surface area (Å²) in [6, 6.07) is 3.79. The van der Waals surface area contributed by atoms with Gasteiger partial charge in [0.15, 0.2) is 17.4 Å². The van der Waals surface area contributed by atoms with Crippen molar-refractivity contribution in [1.82, 2.24) is 34.6 Å². The highest BCUT2D eigenvalue weighted by molar-refractivity contribution is 9.10. The predicted octanol–water partition coefficient (Wildman–Crippen LogP) is 2.37. The average Bonchev–Trinajstić information content (AvgIpc) is 3.38. The fourth-order valence-electron chi connectivity index (χ4n) is 3.46. The molecule has 5 rings (SSSR count). The SMILES string of the molecule is Cn1nc(Br)nc1C(=O)N1CCc2[nH]cnc2[C@H]1c1nc2c(F)cccc2o1. The Morgan fingerprint density at radius 1 is 1.39 bits per heavy atom. The van der Waals surface area contributed by atoms with Gasteiger partial charge in [0.2, 0.25) is 16.4 Å². The zero-order chi connectivity index (χ0) is 19.4. The molecule has 1 aliphatic rings. The molecule has 1 N–H and O–H groups in total. The van der Waals surface area contributed by atoms with Crippen LogP contribution in [-0.4, -0.2) is 47.1 Å². The van der Waals surface area contributed by atoms with Crippen LogP contribution in [0.4, 0.5) is 4.39 Å². The van der Waals surface area contributed by atoms with Gasteiger partial charge in [0.1, 0.15) is 5.52 Å². The Balaban J connectivity index is 1.65. The fraction of sp³-hybridized carbons (Fsp3) is 0.235. The lowest BCUT2D eigenvalue weighted by molar-refractivity contribution is 0.0650. The minimum absolute atomic E-state index is 0.119. The number of halogens is 2. The summed E-state index contributed by atoms with van der Waals surface area (Å²) in [5.41, 5.74) is 1.93. The maximum absolute atomic E-state index is 14.1. The largest absolute Gasteiger partial charge is 0.438 e. The van der Waals surface area contributed by atoms with E-state index >= 15 is 0 Å². The normalized spacial score (nSPS) is 16.5. The van der Waals surface area contributed by atoms with Crippen molar-refractivity contribution in [2.75, 3.05) is 6.54 Å². The number of fused-ring (bicyclic) bond motifs is 2. The lowest BCUT2D eigenvalue weighted by Gasteiger charge is -2.32. The summed E-state index contributed by atoms with van der Waals surface area (Å²) in [6.45, 7) is 0.393. The second-order valence-corrected chi connectivity index (χ2v) is 7.09. The minimum Gasteiger partial charge on any atom is -0.438 e. The van der Waals surface area contributed by atoms with Crippen LogP contribution in [0.1, 0.15) is 33.9 Å². The molecule has 4 heterocycles. The quantitative estimate of drug-likeness (QED) is 0.507. The highest BCUT2D eigenvalue weighted by atomic mass is 79.9. The Labute approximate surface area is 165 Å². The summed E-state index contributed by atoms with van der Waals surface area (Å²) in [4.78, 5) is 30.7. The lowest BCUT2D eigenvalue weighted by atomic mass is 10.0. The number of rotatable bonds is 2. The van der Waals surface area contributed by atoms with Crippen LogP contribution < -0.4 is 0 Å². The summed E-state index contributed by atoms with van der Waals surface area (Å²) in [6.07, 6.45) is 2.15. The van der Waals surface area contributed by atoms with E-state index in [1.165, 1.54) is 10.7 Å². The summed E-state index contributed by atoms with van der Waals surface area (Å²) < 4.78 is 21.7. The molecule has 0 aliphatic carbocycles. The van der Waals surface area contributed by atoms with Crippen LogP contribution in [0.5, 0.6) is 0 Å². The number of carbonyl (C=O) groups excluding carboxylic acids is 1. The molecule has 3 aromatic heterocycles. The minimum atomic E-state index is -0.704.